The molecular weight excluding hydrogens is 266 g/mol. The highest BCUT2D eigenvalue weighted by Gasteiger charge is 2.41. The summed E-state index contributed by atoms with van der Waals surface area (Å²) in [6.45, 7) is 3.85. The van der Waals surface area contributed by atoms with Crippen LogP contribution in [0.5, 0.6) is 11.5 Å². The largest absolute Gasteiger partial charge is 0.493 e. The van der Waals surface area contributed by atoms with E-state index in [1.165, 1.54) is 6.42 Å². The molecule has 4 nitrogen and oxygen atoms in total. The van der Waals surface area contributed by atoms with Crippen molar-refractivity contribution in [3.63, 3.8) is 0 Å². The van der Waals surface area contributed by atoms with E-state index < -0.39 is 0 Å². The first-order valence-electron chi connectivity index (χ1n) is 7.87. The molecule has 1 aliphatic carbocycles. The van der Waals surface area contributed by atoms with Crippen LogP contribution in [0.1, 0.15) is 32.6 Å². The number of methoxy groups -OCH3 is 1. The molecule has 0 heterocycles. The van der Waals surface area contributed by atoms with Crippen LogP contribution >= 0.6 is 0 Å². The van der Waals surface area contributed by atoms with E-state index in [4.69, 9.17) is 9.47 Å². The molecule has 1 saturated carbocycles. The molecule has 4 heteroatoms. The van der Waals surface area contributed by atoms with Crippen molar-refractivity contribution >= 4 is 0 Å². The molecule has 21 heavy (non-hydrogen) atoms. The van der Waals surface area contributed by atoms with Crippen molar-refractivity contribution in [3.05, 3.63) is 24.3 Å². The number of likely N-dealkylation sites (N-methyl/N-ethyl adjacent to an activating group) is 1. The third-order valence-corrected chi connectivity index (χ3v) is 4.56. The predicted molar refractivity (Wildman–Crippen MR) is 83.9 cm³/mol. The van der Waals surface area contributed by atoms with Gasteiger partial charge in [0.1, 0.15) is 0 Å². The van der Waals surface area contributed by atoms with Gasteiger partial charge in [-0.25, -0.2) is 0 Å². The lowest BCUT2D eigenvalue weighted by Gasteiger charge is -2.34. The minimum Gasteiger partial charge on any atom is -0.493 e. The first-order valence-corrected chi connectivity index (χ1v) is 7.87. The average molecular weight is 293 g/mol. The quantitative estimate of drug-likeness (QED) is 0.773. The Balaban J connectivity index is 1.90. The lowest BCUT2D eigenvalue weighted by atomic mass is 9.85. The summed E-state index contributed by atoms with van der Waals surface area (Å²) in [6, 6.07) is 7.72. The fraction of sp³-hybridized carbons (Fsp3) is 0.647. The molecule has 0 radical (unpaired) electrons. The van der Waals surface area contributed by atoms with Crippen molar-refractivity contribution in [2.45, 2.75) is 38.1 Å². The SMILES string of the molecule is CCNC1(CO)CCCC1CCOc1ccccc1OC. The average Bonchev–Trinajstić information content (AvgIpc) is 2.91. The highest BCUT2D eigenvalue weighted by molar-refractivity contribution is 5.39. The van der Waals surface area contributed by atoms with Crippen molar-refractivity contribution in [2.24, 2.45) is 5.92 Å². The number of para-hydroxylation sites is 2. The first kappa shape index (κ1) is 16.1. The van der Waals surface area contributed by atoms with Crippen LogP contribution in [-0.4, -0.2) is 37.5 Å². The van der Waals surface area contributed by atoms with E-state index >= 15 is 0 Å². The summed E-state index contributed by atoms with van der Waals surface area (Å²) in [4.78, 5) is 0. The van der Waals surface area contributed by atoms with Gasteiger partial charge in [-0.05, 0) is 43.9 Å². The molecule has 2 unspecified atom stereocenters. The van der Waals surface area contributed by atoms with Gasteiger partial charge in [-0.2, -0.15) is 0 Å². The fourth-order valence-corrected chi connectivity index (χ4v) is 3.46. The van der Waals surface area contributed by atoms with Crippen molar-refractivity contribution in [1.82, 2.24) is 5.32 Å². The van der Waals surface area contributed by atoms with E-state index in [1.807, 2.05) is 24.3 Å². The van der Waals surface area contributed by atoms with E-state index in [0.717, 1.165) is 37.3 Å². The van der Waals surface area contributed by atoms with Gasteiger partial charge in [0.05, 0.1) is 20.3 Å². The molecule has 0 bridgehead atoms. The highest BCUT2D eigenvalue weighted by Crippen LogP contribution is 2.38. The Morgan fingerprint density at radius 1 is 1.33 bits per heavy atom. The van der Waals surface area contributed by atoms with Gasteiger partial charge in [0.2, 0.25) is 0 Å². The zero-order valence-electron chi connectivity index (χ0n) is 13.1. The Bertz CT molecular complexity index is 438. The summed E-state index contributed by atoms with van der Waals surface area (Å²) in [5, 5.41) is 13.3. The molecule has 1 aromatic carbocycles. The number of aliphatic hydroxyl groups is 1. The molecule has 1 aliphatic rings. The Morgan fingerprint density at radius 2 is 2.10 bits per heavy atom. The fourth-order valence-electron chi connectivity index (χ4n) is 3.46. The molecule has 0 amide bonds. The predicted octanol–water partition coefficient (Wildman–Crippen LogP) is 2.60. The highest BCUT2D eigenvalue weighted by atomic mass is 16.5. The van der Waals surface area contributed by atoms with Crippen LogP contribution in [0.25, 0.3) is 0 Å². The van der Waals surface area contributed by atoms with Crippen LogP contribution in [0.3, 0.4) is 0 Å². The minimum absolute atomic E-state index is 0.112. The summed E-state index contributed by atoms with van der Waals surface area (Å²) in [5.74, 6) is 2.03. The van der Waals surface area contributed by atoms with E-state index in [2.05, 4.69) is 12.2 Å². The van der Waals surface area contributed by atoms with E-state index in [9.17, 15) is 5.11 Å². The molecule has 2 N–H and O–H groups in total. The Morgan fingerprint density at radius 3 is 2.76 bits per heavy atom. The van der Waals surface area contributed by atoms with Crippen LogP contribution in [0.4, 0.5) is 0 Å². The number of ether oxygens (including phenoxy) is 2. The third kappa shape index (κ3) is 3.69. The number of nitrogens with one attached hydrogen (secondary N) is 1. The van der Waals surface area contributed by atoms with Crippen molar-refractivity contribution in [2.75, 3.05) is 26.9 Å². The molecule has 2 rings (SSSR count). The summed E-state index contributed by atoms with van der Waals surface area (Å²) in [6.07, 6.45) is 4.33. The van der Waals surface area contributed by atoms with Crippen LogP contribution < -0.4 is 14.8 Å². The standard InChI is InChI=1S/C17H27NO3/c1-3-18-17(13-19)11-6-7-14(17)10-12-21-16-9-5-4-8-15(16)20-2/h4-5,8-9,14,18-19H,3,6-7,10-13H2,1-2H3. The zero-order chi connectivity index (χ0) is 15.1. The van der Waals surface area contributed by atoms with Crippen LogP contribution in [-0.2, 0) is 0 Å². The molecule has 0 aromatic heterocycles. The van der Waals surface area contributed by atoms with E-state index in [-0.39, 0.29) is 12.1 Å². The Hall–Kier alpha value is -1.26. The van der Waals surface area contributed by atoms with Gasteiger partial charge >= 0.3 is 0 Å². The van der Waals surface area contributed by atoms with Crippen LogP contribution in [0, 0.1) is 5.92 Å². The maximum Gasteiger partial charge on any atom is 0.161 e. The number of aliphatic hydroxyl groups excluding tert-OH is 1. The molecule has 2 atom stereocenters. The summed E-state index contributed by atoms with van der Waals surface area (Å²) in [7, 11) is 1.65. The molecule has 1 fully saturated rings. The van der Waals surface area contributed by atoms with E-state index in [0.29, 0.717) is 12.5 Å². The number of rotatable bonds is 8. The number of hydrogen-bond acceptors (Lipinski definition) is 4. The van der Waals surface area contributed by atoms with Gasteiger partial charge < -0.3 is 19.9 Å². The lowest BCUT2D eigenvalue weighted by molar-refractivity contribution is 0.111. The van der Waals surface area contributed by atoms with Crippen molar-refractivity contribution < 1.29 is 14.6 Å². The summed E-state index contributed by atoms with van der Waals surface area (Å²) in [5.41, 5.74) is -0.112. The Kier molecular flexibility index (Phi) is 5.88. The third-order valence-electron chi connectivity index (χ3n) is 4.56. The monoisotopic (exact) mass is 293 g/mol. The molecule has 118 valence electrons. The van der Waals surface area contributed by atoms with Crippen molar-refractivity contribution in [3.8, 4) is 11.5 Å². The van der Waals surface area contributed by atoms with Gasteiger partial charge in [-0.15, -0.1) is 0 Å². The second-order valence-corrected chi connectivity index (χ2v) is 5.72. The van der Waals surface area contributed by atoms with Gasteiger partial charge in [0, 0.05) is 5.54 Å². The smallest absolute Gasteiger partial charge is 0.161 e. The number of benzene rings is 1. The normalized spacial score (nSPS) is 25.0. The first-order chi connectivity index (χ1) is 10.3. The van der Waals surface area contributed by atoms with Crippen molar-refractivity contribution in [1.29, 1.82) is 0 Å². The summed E-state index contributed by atoms with van der Waals surface area (Å²) >= 11 is 0. The lowest BCUT2D eigenvalue weighted by Crippen LogP contribution is -2.51. The molecule has 0 spiro atoms. The topological polar surface area (TPSA) is 50.7 Å². The van der Waals surface area contributed by atoms with Gasteiger partial charge in [-0.1, -0.05) is 25.5 Å². The molecule has 0 aliphatic heterocycles. The zero-order valence-corrected chi connectivity index (χ0v) is 13.1. The van der Waals surface area contributed by atoms with Crippen LogP contribution in [0.15, 0.2) is 24.3 Å². The van der Waals surface area contributed by atoms with Crippen LogP contribution in [0.2, 0.25) is 0 Å². The summed E-state index contributed by atoms with van der Waals surface area (Å²) < 4.78 is 11.2. The Labute approximate surface area is 127 Å². The molecule has 1 aromatic rings. The number of hydrogen-bond donors (Lipinski definition) is 2. The maximum atomic E-state index is 9.79. The van der Waals surface area contributed by atoms with Gasteiger partial charge in [0.25, 0.3) is 0 Å². The van der Waals surface area contributed by atoms with Gasteiger partial charge in [0.15, 0.2) is 11.5 Å². The second kappa shape index (κ2) is 7.66. The van der Waals surface area contributed by atoms with E-state index in [1.54, 1.807) is 7.11 Å². The second-order valence-electron chi connectivity index (χ2n) is 5.72. The molecule has 0 saturated heterocycles. The molecular formula is C17H27NO3. The maximum absolute atomic E-state index is 9.79. The van der Waals surface area contributed by atoms with Gasteiger partial charge in [-0.3, -0.25) is 0 Å². The minimum atomic E-state index is -0.112.